The number of carbonyl (C=O) groups excluding carboxylic acids is 1. The fraction of sp³-hybridized carbons (Fsp3) is 0.368. The Morgan fingerprint density at radius 2 is 2.00 bits per heavy atom. The largest absolute Gasteiger partial charge is 0.378 e. The Bertz CT molecular complexity index is 792. The van der Waals surface area contributed by atoms with Crippen molar-refractivity contribution in [3.63, 3.8) is 0 Å². The number of aromatic nitrogens is 2. The van der Waals surface area contributed by atoms with Crippen LogP contribution in [-0.2, 0) is 16.1 Å². The normalized spacial score (nSPS) is 15.1. The van der Waals surface area contributed by atoms with E-state index in [0.29, 0.717) is 32.8 Å². The van der Waals surface area contributed by atoms with E-state index in [9.17, 15) is 4.79 Å². The van der Waals surface area contributed by atoms with Gasteiger partial charge in [0.2, 0.25) is 5.91 Å². The third kappa shape index (κ3) is 4.11. The lowest BCUT2D eigenvalue weighted by atomic mass is 10.1. The first-order valence-corrected chi connectivity index (χ1v) is 8.76. The summed E-state index contributed by atoms with van der Waals surface area (Å²) in [5, 5.41) is 5.33. The third-order valence-corrected chi connectivity index (χ3v) is 4.80. The Morgan fingerprint density at radius 1 is 1.28 bits per heavy atom. The predicted octanol–water partition coefficient (Wildman–Crippen LogP) is 3.07. The van der Waals surface area contributed by atoms with E-state index in [1.54, 1.807) is 11.0 Å². The van der Waals surface area contributed by atoms with Crippen LogP contribution in [0.2, 0.25) is 5.02 Å². The third-order valence-electron chi connectivity index (χ3n) is 4.43. The molecule has 0 saturated carbocycles. The second-order valence-corrected chi connectivity index (χ2v) is 6.51. The first-order chi connectivity index (χ1) is 12.1. The van der Waals surface area contributed by atoms with Crippen LogP contribution in [0.3, 0.4) is 0 Å². The number of carbonyl (C=O) groups is 1. The summed E-state index contributed by atoms with van der Waals surface area (Å²) < 4.78 is 7.20. The van der Waals surface area contributed by atoms with Crippen molar-refractivity contribution in [3.8, 4) is 0 Å². The molecule has 2 aromatic rings. The van der Waals surface area contributed by atoms with Gasteiger partial charge in [-0.25, -0.2) is 0 Å². The number of amides is 1. The zero-order chi connectivity index (χ0) is 17.8. The molecule has 1 aromatic heterocycles. The average molecular weight is 360 g/mol. The minimum absolute atomic E-state index is 0.0148. The standard InChI is InChI=1S/C19H22ClN3O2/c1-14-17(7-8-19(24)22-9-11-25-12-10-22)15(2)23(21-14)13-16-5-3-4-6-18(16)20/h3-8H,9-13H2,1-2H3/b8-7+. The molecule has 2 heterocycles. The highest BCUT2D eigenvalue weighted by atomic mass is 35.5. The molecule has 1 saturated heterocycles. The van der Waals surface area contributed by atoms with Gasteiger partial charge in [-0.05, 0) is 31.6 Å². The number of hydrogen-bond donors (Lipinski definition) is 0. The molecule has 1 amide bonds. The van der Waals surface area contributed by atoms with E-state index in [-0.39, 0.29) is 5.91 Å². The number of morpholine rings is 1. The van der Waals surface area contributed by atoms with Crippen molar-refractivity contribution < 1.29 is 9.53 Å². The average Bonchev–Trinajstić information content (AvgIpc) is 2.89. The van der Waals surface area contributed by atoms with Crippen molar-refractivity contribution >= 4 is 23.6 Å². The van der Waals surface area contributed by atoms with Crippen molar-refractivity contribution in [2.24, 2.45) is 0 Å². The van der Waals surface area contributed by atoms with E-state index >= 15 is 0 Å². The van der Waals surface area contributed by atoms with Gasteiger partial charge in [0, 0.05) is 35.4 Å². The molecule has 5 nitrogen and oxygen atoms in total. The van der Waals surface area contributed by atoms with Gasteiger partial charge in [0.15, 0.2) is 0 Å². The van der Waals surface area contributed by atoms with Crippen LogP contribution in [0.5, 0.6) is 0 Å². The summed E-state index contributed by atoms with van der Waals surface area (Å²) in [7, 11) is 0. The van der Waals surface area contributed by atoms with E-state index in [1.807, 2.05) is 48.9 Å². The van der Waals surface area contributed by atoms with Gasteiger partial charge in [0.25, 0.3) is 0 Å². The first kappa shape index (κ1) is 17.7. The van der Waals surface area contributed by atoms with Crippen molar-refractivity contribution in [3.05, 3.63) is 57.9 Å². The van der Waals surface area contributed by atoms with E-state index < -0.39 is 0 Å². The SMILES string of the molecule is Cc1nn(Cc2ccccc2Cl)c(C)c1/C=C/C(=O)N1CCOCC1. The van der Waals surface area contributed by atoms with Crippen LogP contribution in [0, 0.1) is 13.8 Å². The number of benzene rings is 1. The minimum Gasteiger partial charge on any atom is -0.378 e. The molecule has 0 aliphatic carbocycles. The smallest absolute Gasteiger partial charge is 0.246 e. The Hall–Kier alpha value is -2.11. The number of ether oxygens (including phenoxy) is 1. The molecular weight excluding hydrogens is 338 g/mol. The summed E-state index contributed by atoms with van der Waals surface area (Å²) in [6, 6.07) is 7.76. The van der Waals surface area contributed by atoms with Gasteiger partial charge in [-0.15, -0.1) is 0 Å². The summed E-state index contributed by atoms with van der Waals surface area (Å²) in [5.41, 5.74) is 3.92. The number of rotatable bonds is 4. The van der Waals surface area contributed by atoms with Crippen LogP contribution in [-0.4, -0.2) is 46.9 Å². The first-order valence-electron chi connectivity index (χ1n) is 8.38. The molecule has 0 spiro atoms. The monoisotopic (exact) mass is 359 g/mol. The molecule has 25 heavy (non-hydrogen) atoms. The van der Waals surface area contributed by atoms with Crippen LogP contribution in [0.15, 0.2) is 30.3 Å². The highest BCUT2D eigenvalue weighted by molar-refractivity contribution is 6.31. The van der Waals surface area contributed by atoms with E-state index in [4.69, 9.17) is 16.3 Å². The molecule has 0 unspecified atom stereocenters. The summed E-state index contributed by atoms with van der Waals surface area (Å²) in [5.74, 6) is 0.0148. The molecule has 3 rings (SSSR count). The Morgan fingerprint density at radius 3 is 2.72 bits per heavy atom. The van der Waals surface area contributed by atoms with Crippen molar-refractivity contribution in [2.45, 2.75) is 20.4 Å². The fourth-order valence-electron chi connectivity index (χ4n) is 2.94. The maximum Gasteiger partial charge on any atom is 0.246 e. The summed E-state index contributed by atoms with van der Waals surface area (Å²) in [6.45, 7) is 7.07. The number of halogens is 1. The van der Waals surface area contributed by atoms with Crippen molar-refractivity contribution in [1.82, 2.24) is 14.7 Å². The zero-order valence-corrected chi connectivity index (χ0v) is 15.3. The Labute approximate surface area is 152 Å². The number of aryl methyl sites for hydroxylation is 1. The highest BCUT2D eigenvalue weighted by Crippen LogP contribution is 2.20. The molecule has 6 heteroatoms. The molecule has 0 N–H and O–H groups in total. The zero-order valence-electron chi connectivity index (χ0n) is 14.5. The van der Waals surface area contributed by atoms with Crippen LogP contribution >= 0.6 is 11.6 Å². The van der Waals surface area contributed by atoms with Crippen molar-refractivity contribution in [2.75, 3.05) is 26.3 Å². The lowest BCUT2D eigenvalue weighted by molar-refractivity contribution is -0.129. The molecule has 1 aliphatic heterocycles. The van der Waals surface area contributed by atoms with Crippen LogP contribution in [0.1, 0.15) is 22.5 Å². The van der Waals surface area contributed by atoms with Crippen LogP contribution < -0.4 is 0 Å². The van der Waals surface area contributed by atoms with Gasteiger partial charge in [-0.1, -0.05) is 29.8 Å². The van der Waals surface area contributed by atoms with E-state index in [1.165, 1.54) is 0 Å². The van der Waals surface area contributed by atoms with E-state index in [0.717, 1.165) is 27.5 Å². The summed E-state index contributed by atoms with van der Waals surface area (Å²) >= 11 is 6.25. The Kier molecular flexibility index (Phi) is 5.56. The second kappa shape index (κ2) is 7.85. The van der Waals surface area contributed by atoms with Gasteiger partial charge < -0.3 is 9.64 Å². The molecule has 0 bridgehead atoms. The van der Waals surface area contributed by atoms with Gasteiger partial charge in [0.05, 0.1) is 25.5 Å². The van der Waals surface area contributed by atoms with Gasteiger partial charge in [-0.2, -0.15) is 5.10 Å². The molecular formula is C19H22ClN3O2. The van der Waals surface area contributed by atoms with Crippen LogP contribution in [0.4, 0.5) is 0 Å². The lowest BCUT2D eigenvalue weighted by Gasteiger charge is -2.25. The van der Waals surface area contributed by atoms with Crippen LogP contribution in [0.25, 0.3) is 6.08 Å². The quantitative estimate of drug-likeness (QED) is 0.788. The predicted molar refractivity (Wildman–Crippen MR) is 98.7 cm³/mol. The topological polar surface area (TPSA) is 47.4 Å². The maximum atomic E-state index is 12.3. The van der Waals surface area contributed by atoms with Crippen molar-refractivity contribution in [1.29, 1.82) is 0 Å². The minimum atomic E-state index is 0.0148. The summed E-state index contributed by atoms with van der Waals surface area (Å²) in [4.78, 5) is 14.1. The maximum absolute atomic E-state index is 12.3. The van der Waals surface area contributed by atoms with Gasteiger partial charge in [0.1, 0.15) is 0 Å². The Balaban J connectivity index is 1.76. The second-order valence-electron chi connectivity index (χ2n) is 6.10. The fourth-order valence-corrected chi connectivity index (χ4v) is 3.13. The highest BCUT2D eigenvalue weighted by Gasteiger charge is 2.15. The molecule has 1 aromatic carbocycles. The lowest BCUT2D eigenvalue weighted by Crippen LogP contribution is -2.39. The van der Waals surface area contributed by atoms with Gasteiger partial charge in [-0.3, -0.25) is 9.48 Å². The van der Waals surface area contributed by atoms with E-state index in [2.05, 4.69) is 5.10 Å². The number of nitrogens with zero attached hydrogens (tertiary/aromatic N) is 3. The molecule has 1 fully saturated rings. The van der Waals surface area contributed by atoms with Gasteiger partial charge >= 0.3 is 0 Å². The molecule has 0 atom stereocenters. The molecule has 132 valence electrons. The molecule has 1 aliphatic rings. The summed E-state index contributed by atoms with van der Waals surface area (Å²) in [6.07, 6.45) is 3.49. The molecule has 0 radical (unpaired) electrons. The number of hydrogen-bond acceptors (Lipinski definition) is 3.